The van der Waals surface area contributed by atoms with Gasteiger partial charge in [-0.25, -0.2) is 4.79 Å². The van der Waals surface area contributed by atoms with Gasteiger partial charge in [-0.1, -0.05) is 61.3 Å². The summed E-state index contributed by atoms with van der Waals surface area (Å²) in [5.41, 5.74) is 7.16. The predicted molar refractivity (Wildman–Crippen MR) is 259 cm³/mol. The van der Waals surface area contributed by atoms with Crippen LogP contribution in [-0.4, -0.2) is 118 Å². The molecule has 0 radical (unpaired) electrons. The van der Waals surface area contributed by atoms with Crippen LogP contribution in [0.25, 0.3) is 27.0 Å². The number of piperidine rings is 1. The van der Waals surface area contributed by atoms with Gasteiger partial charge in [0.05, 0.1) is 29.3 Å². The van der Waals surface area contributed by atoms with Gasteiger partial charge in [-0.3, -0.25) is 19.3 Å². The van der Waals surface area contributed by atoms with Gasteiger partial charge in [-0.2, -0.15) is 0 Å². The molecule has 0 aliphatic carbocycles. The highest BCUT2D eigenvalue weighted by Gasteiger charge is 2.34. The largest absolute Gasteiger partial charge is 0.492 e. The first-order valence-electron chi connectivity index (χ1n) is 22.7. The Morgan fingerprint density at radius 2 is 1.60 bits per heavy atom. The lowest BCUT2D eigenvalue weighted by molar-refractivity contribution is -0.133. The van der Waals surface area contributed by atoms with Gasteiger partial charge in [0.25, 0.3) is 0 Å². The maximum Gasteiger partial charge on any atom is 0.340 e. The van der Waals surface area contributed by atoms with Crippen molar-refractivity contribution in [3.63, 3.8) is 0 Å². The molecule has 2 saturated heterocycles. The summed E-state index contributed by atoms with van der Waals surface area (Å²) in [6.07, 6.45) is 3.91. The second-order valence-electron chi connectivity index (χ2n) is 18.0. The molecule has 0 saturated carbocycles. The van der Waals surface area contributed by atoms with Crippen LogP contribution in [0.4, 0.5) is 0 Å². The SMILES string of the molecule is Cc1sc2c(c1C)C(c1ccc(Cl)cc1)=N[C@@H](CC(=O)N1CCC(CN3CCN(CCOc4ccc(-c5cc6c(C(=O)OCC(C)C)c[nH]c6cc5Cl)cc4)CC3)CC1)c1nnc(C)n1-2. The van der Waals surface area contributed by atoms with Crippen LogP contribution in [0.5, 0.6) is 5.75 Å². The average molecular weight is 936 g/mol. The molecule has 6 aromatic rings. The number of hydrogen-bond acceptors (Lipinski definition) is 10. The zero-order valence-corrected chi connectivity index (χ0v) is 40.0. The zero-order chi connectivity index (χ0) is 45.4. The van der Waals surface area contributed by atoms with E-state index in [1.807, 2.05) is 86.3 Å². The maximum atomic E-state index is 14.0. The molecule has 65 heavy (non-hydrogen) atoms. The number of halogens is 2. The van der Waals surface area contributed by atoms with E-state index < -0.39 is 6.04 Å². The lowest BCUT2D eigenvalue weighted by Crippen LogP contribution is -2.49. The van der Waals surface area contributed by atoms with Crippen LogP contribution in [0.2, 0.25) is 10.0 Å². The van der Waals surface area contributed by atoms with E-state index in [1.165, 1.54) is 10.4 Å². The van der Waals surface area contributed by atoms with Crippen LogP contribution in [-0.2, 0) is 9.53 Å². The number of aliphatic imine (C=N–C) groups is 1. The number of amides is 1. The molecule has 3 aromatic carbocycles. The third-order valence-corrected chi connectivity index (χ3v) is 14.8. The van der Waals surface area contributed by atoms with Crippen LogP contribution in [0.15, 0.2) is 71.9 Å². The summed E-state index contributed by atoms with van der Waals surface area (Å²) < 4.78 is 13.8. The molecule has 340 valence electrons. The number of fused-ring (bicyclic) bond motifs is 4. The van der Waals surface area contributed by atoms with E-state index in [4.69, 9.17) is 37.7 Å². The van der Waals surface area contributed by atoms with E-state index in [1.54, 1.807) is 17.5 Å². The molecule has 12 nitrogen and oxygen atoms in total. The Morgan fingerprint density at radius 3 is 2.32 bits per heavy atom. The van der Waals surface area contributed by atoms with Gasteiger partial charge >= 0.3 is 5.97 Å². The molecule has 1 atom stereocenters. The average Bonchev–Trinajstić information content (AvgIpc) is 3.96. The first kappa shape index (κ1) is 45.1. The molecule has 3 aliphatic rings. The number of piperazine rings is 1. The molecule has 3 aliphatic heterocycles. The number of nitrogens with zero attached hydrogens (tertiary/aromatic N) is 7. The Balaban J connectivity index is 0.737. The number of carbonyl (C=O) groups is 2. The molecule has 1 N–H and O–H groups in total. The quantitative estimate of drug-likeness (QED) is 0.114. The first-order valence-corrected chi connectivity index (χ1v) is 24.3. The first-order chi connectivity index (χ1) is 31.4. The second kappa shape index (κ2) is 19.4. The van der Waals surface area contributed by atoms with Crippen molar-refractivity contribution in [2.45, 2.75) is 59.9 Å². The van der Waals surface area contributed by atoms with E-state index in [0.29, 0.717) is 40.6 Å². The van der Waals surface area contributed by atoms with E-state index in [-0.39, 0.29) is 24.2 Å². The number of benzene rings is 3. The highest BCUT2D eigenvalue weighted by molar-refractivity contribution is 7.15. The highest BCUT2D eigenvalue weighted by Crippen LogP contribution is 2.40. The zero-order valence-electron chi connectivity index (χ0n) is 37.7. The normalized spacial score (nSPS) is 17.3. The van der Waals surface area contributed by atoms with E-state index in [0.717, 1.165) is 121 Å². The van der Waals surface area contributed by atoms with Crippen LogP contribution < -0.4 is 4.74 Å². The minimum absolute atomic E-state index is 0.111. The number of rotatable bonds is 13. The van der Waals surface area contributed by atoms with Gasteiger partial charge in [-0.05, 0) is 93.0 Å². The number of aromatic amines is 1. The van der Waals surface area contributed by atoms with E-state index in [2.05, 4.69) is 43.4 Å². The Hall–Kier alpha value is -5.05. The summed E-state index contributed by atoms with van der Waals surface area (Å²) in [6, 6.07) is 19.1. The van der Waals surface area contributed by atoms with Crippen molar-refractivity contribution in [1.29, 1.82) is 0 Å². The molecule has 0 bridgehead atoms. The van der Waals surface area contributed by atoms with Gasteiger partial charge < -0.3 is 24.3 Å². The monoisotopic (exact) mass is 934 g/mol. The van der Waals surface area contributed by atoms with Crippen molar-refractivity contribution in [2.75, 3.05) is 65.6 Å². The molecule has 1 amide bonds. The Labute approximate surface area is 394 Å². The second-order valence-corrected chi connectivity index (χ2v) is 20.1. The lowest BCUT2D eigenvalue weighted by atomic mass is 9.95. The number of aromatic nitrogens is 4. The summed E-state index contributed by atoms with van der Waals surface area (Å²) in [7, 11) is 0. The number of likely N-dealkylation sites (tertiary alicyclic amines) is 1. The number of aryl methyl sites for hydroxylation is 2. The minimum atomic E-state index is -0.464. The van der Waals surface area contributed by atoms with Crippen molar-refractivity contribution in [3.8, 4) is 21.9 Å². The molecule has 3 aromatic heterocycles. The number of carbonyl (C=O) groups excluding carboxylic acids is 2. The maximum absolute atomic E-state index is 14.0. The van der Waals surface area contributed by atoms with E-state index in [9.17, 15) is 9.59 Å². The fraction of sp³-hybridized carbons (Fsp3) is 0.420. The van der Waals surface area contributed by atoms with Crippen molar-refractivity contribution >= 4 is 63.0 Å². The molecule has 9 rings (SSSR count). The Bertz CT molecular complexity index is 2710. The fourth-order valence-corrected chi connectivity index (χ4v) is 10.8. The molecule has 0 unspecified atom stereocenters. The summed E-state index contributed by atoms with van der Waals surface area (Å²) in [4.78, 5) is 43.6. The standard InChI is InChI=1S/C50H56Cl2N8O4S/c1-30(2)29-64-50(62)41-27-53-43-25-42(52)39(24-40(41)43)35-8-12-38(13-9-35)63-23-22-57-18-20-58(21-19-57)28-34-14-16-59(17-15-34)45(61)26-44-48-56-55-33(5)60(48)49-46(31(3)32(4)65-49)47(54-44)36-6-10-37(51)11-7-36/h6-13,24-25,27,30,34,44,53H,14-23,26,28-29H2,1-5H3/t44-/m0/s1. The molecule has 0 spiro atoms. The molecule has 2 fully saturated rings. The van der Waals surface area contributed by atoms with Gasteiger partial charge in [0.15, 0.2) is 5.82 Å². The Kier molecular flexibility index (Phi) is 13.5. The smallest absolute Gasteiger partial charge is 0.340 e. The van der Waals surface area contributed by atoms with Crippen molar-refractivity contribution < 1.29 is 19.1 Å². The number of ether oxygens (including phenoxy) is 2. The topological polar surface area (TPSA) is 121 Å². The molecule has 6 heterocycles. The van der Waals surface area contributed by atoms with Crippen LogP contribution >= 0.6 is 34.5 Å². The minimum Gasteiger partial charge on any atom is -0.492 e. The third kappa shape index (κ3) is 9.76. The van der Waals surface area contributed by atoms with Gasteiger partial charge in [0, 0.05) is 96.0 Å². The fourth-order valence-electron chi connectivity index (χ4n) is 9.23. The predicted octanol–water partition coefficient (Wildman–Crippen LogP) is 9.74. The Morgan fingerprint density at radius 1 is 0.892 bits per heavy atom. The number of thiophene rings is 1. The van der Waals surface area contributed by atoms with Crippen LogP contribution in [0.1, 0.15) is 82.7 Å². The van der Waals surface area contributed by atoms with Crippen LogP contribution in [0, 0.1) is 32.6 Å². The highest BCUT2D eigenvalue weighted by atomic mass is 35.5. The van der Waals surface area contributed by atoms with Gasteiger partial charge in [0.1, 0.15) is 29.2 Å². The number of H-pyrrole nitrogens is 1. The molecule has 15 heteroatoms. The van der Waals surface area contributed by atoms with Crippen molar-refractivity contribution in [2.24, 2.45) is 16.8 Å². The molecular weight excluding hydrogens is 880 g/mol. The van der Waals surface area contributed by atoms with E-state index >= 15 is 0 Å². The summed E-state index contributed by atoms with van der Waals surface area (Å²) in [5, 5.41) is 12.2. The number of nitrogens with one attached hydrogen (secondary N) is 1. The van der Waals surface area contributed by atoms with Crippen LogP contribution in [0.3, 0.4) is 0 Å². The summed E-state index contributed by atoms with van der Waals surface area (Å²) in [5.74, 6) is 2.89. The lowest BCUT2D eigenvalue weighted by Gasteiger charge is -2.39. The van der Waals surface area contributed by atoms with Crippen molar-refractivity contribution in [3.05, 3.63) is 116 Å². The summed E-state index contributed by atoms with van der Waals surface area (Å²) in [6.45, 7) is 18.7. The number of esters is 1. The third-order valence-electron chi connectivity index (χ3n) is 13.1. The van der Waals surface area contributed by atoms with Gasteiger partial charge in [-0.15, -0.1) is 21.5 Å². The number of hydrogen-bond donors (Lipinski definition) is 1. The summed E-state index contributed by atoms with van der Waals surface area (Å²) >= 11 is 14.7. The van der Waals surface area contributed by atoms with Crippen molar-refractivity contribution in [1.82, 2.24) is 34.4 Å². The molecular formula is C50H56Cl2N8O4S. The van der Waals surface area contributed by atoms with Gasteiger partial charge in [0.2, 0.25) is 5.91 Å².